The number of nitrogens with zero attached hydrogens (tertiary/aromatic N) is 5. The highest BCUT2D eigenvalue weighted by Crippen LogP contribution is 2.32. The molecule has 9 nitrogen and oxygen atoms in total. The second-order valence-corrected chi connectivity index (χ2v) is 9.57. The minimum Gasteiger partial charge on any atom is -0.394 e. The van der Waals surface area contributed by atoms with Gasteiger partial charge in [-0.3, -0.25) is 9.20 Å². The molecule has 4 N–H and O–H groups in total. The molecule has 0 spiro atoms. The minimum absolute atomic E-state index is 0.306. The van der Waals surface area contributed by atoms with Crippen LogP contribution in [0.2, 0.25) is 0 Å². The summed E-state index contributed by atoms with van der Waals surface area (Å²) in [6, 6.07) is 22.7. The summed E-state index contributed by atoms with van der Waals surface area (Å²) in [7, 11) is 0. The van der Waals surface area contributed by atoms with Crippen molar-refractivity contribution in [1.29, 1.82) is 0 Å². The highest BCUT2D eigenvalue weighted by atomic mass is 32.1. The van der Waals surface area contributed by atoms with Crippen molar-refractivity contribution < 1.29 is 4.79 Å². The molecule has 0 fully saturated rings. The van der Waals surface area contributed by atoms with E-state index in [1.54, 1.807) is 34.3 Å². The molecule has 0 aliphatic rings. The summed E-state index contributed by atoms with van der Waals surface area (Å²) < 4.78 is 3.65. The fourth-order valence-electron chi connectivity index (χ4n) is 4.03. The van der Waals surface area contributed by atoms with Crippen LogP contribution in [-0.4, -0.2) is 30.1 Å². The van der Waals surface area contributed by atoms with Gasteiger partial charge in [0.25, 0.3) is 5.91 Å². The van der Waals surface area contributed by atoms with Crippen LogP contribution in [0.15, 0.2) is 91.4 Å². The van der Waals surface area contributed by atoms with E-state index in [0.717, 1.165) is 38.4 Å². The number of anilines is 4. The SMILES string of the molecule is Cc1sc(Nc2cccc(C(=O)Nc3nn(-c4ccccc4)cc3N)c2)nc1-c1cnc2ccccn12. The fraction of sp³-hybridized carbons (Fsp3) is 0.0370. The monoisotopic (exact) mass is 506 g/mol. The van der Waals surface area contributed by atoms with Gasteiger partial charge in [-0.15, -0.1) is 16.4 Å². The number of rotatable bonds is 6. The van der Waals surface area contributed by atoms with Gasteiger partial charge in [-0.05, 0) is 49.4 Å². The van der Waals surface area contributed by atoms with Crippen molar-refractivity contribution in [3.8, 4) is 17.1 Å². The van der Waals surface area contributed by atoms with Crippen LogP contribution < -0.4 is 16.4 Å². The molecule has 182 valence electrons. The van der Waals surface area contributed by atoms with E-state index in [1.165, 1.54) is 0 Å². The molecule has 0 atom stereocenters. The predicted molar refractivity (Wildman–Crippen MR) is 147 cm³/mol. The van der Waals surface area contributed by atoms with Crippen molar-refractivity contribution in [3.05, 3.63) is 102 Å². The second kappa shape index (κ2) is 9.25. The van der Waals surface area contributed by atoms with E-state index in [2.05, 4.69) is 20.7 Å². The average Bonchev–Trinajstić information content (AvgIpc) is 3.61. The van der Waals surface area contributed by atoms with Gasteiger partial charge in [0.15, 0.2) is 10.9 Å². The molecule has 0 radical (unpaired) electrons. The topological polar surface area (TPSA) is 115 Å². The third-order valence-corrected chi connectivity index (χ3v) is 6.71. The zero-order chi connectivity index (χ0) is 25.4. The number of nitrogens with two attached hydrogens (primary N) is 1. The first-order valence-corrected chi connectivity index (χ1v) is 12.4. The van der Waals surface area contributed by atoms with Crippen LogP contribution >= 0.6 is 11.3 Å². The largest absolute Gasteiger partial charge is 0.394 e. The minimum atomic E-state index is -0.310. The highest BCUT2D eigenvalue weighted by molar-refractivity contribution is 7.16. The van der Waals surface area contributed by atoms with Crippen LogP contribution in [0.4, 0.5) is 22.3 Å². The number of benzene rings is 2. The van der Waals surface area contributed by atoms with E-state index >= 15 is 0 Å². The molecule has 0 unspecified atom stereocenters. The summed E-state index contributed by atoms with van der Waals surface area (Å²) in [4.78, 5) is 23.3. The summed E-state index contributed by atoms with van der Waals surface area (Å²) in [5, 5.41) is 11.3. The average molecular weight is 507 g/mol. The van der Waals surface area contributed by atoms with Gasteiger partial charge < -0.3 is 16.4 Å². The van der Waals surface area contributed by atoms with Gasteiger partial charge in [-0.1, -0.05) is 30.3 Å². The zero-order valence-electron chi connectivity index (χ0n) is 19.8. The number of pyridine rings is 1. The number of para-hydroxylation sites is 1. The molecule has 0 aliphatic carbocycles. The number of carbonyl (C=O) groups is 1. The molecular formula is C27H22N8OS. The number of amides is 1. The summed E-state index contributed by atoms with van der Waals surface area (Å²) in [6.07, 6.45) is 5.48. The van der Waals surface area contributed by atoms with Gasteiger partial charge in [0.2, 0.25) is 0 Å². The molecule has 4 heterocycles. The number of hydrogen-bond donors (Lipinski definition) is 3. The summed E-state index contributed by atoms with van der Waals surface area (Å²) >= 11 is 1.54. The van der Waals surface area contributed by atoms with Gasteiger partial charge in [0, 0.05) is 22.3 Å². The Bertz CT molecular complexity index is 1730. The van der Waals surface area contributed by atoms with E-state index in [4.69, 9.17) is 10.7 Å². The predicted octanol–water partition coefficient (Wildman–Crippen LogP) is 5.53. The Kier molecular flexibility index (Phi) is 5.62. The summed E-state index contributed by atoms with van der Waals surface area (Å²) in [5.41, 5.74) is 11.2. The van der Waals surface area contributed by atoms with Crippen LogP contribution in [0.5, 0.6) is 0 Å². The molecule has 2 aromatic carbocycles. The Morgan fingerprint density at radius 2 is 1.86 bits per heavy atom. The maximum atomic E-state index is 13.0. The van der Waals surface area contributed by atoms with Crippen molar-refractivity contribution in [1.82, 2.24) is 24.1 Å². The molecule has 10 heteroatoms. The normalized spacial score (nSPS) is 11.1. The van der Waals surface area contributed by atoms with Crippen molar-refractivity contribution in [3.63, 3.8) is 0 Å². The number of nitrogens with one attached hydrogen (secondary N) is 2. The van der Waals surface area contributed by atoms with Crippen LogP contribution in [0.1, 0.15) is 15.2 Å². The van der Waals surface area contributed by atoms with Crippen molar-refractivity contribution in [2.45, 2.75) is 6.92 Å². The Hall–Kier alpha value is -4.96. The zero-order valence-corrected chi connectivity index (χ0v) is 20.6. The highest BCUT2D eigenvalue weighted by Gasteiger charge is 2.16. The molecular weight excluding hydrogens is 484 g/mol. The quantitative estimate of drug-likeness (QED) is 0.274. The number of fused-ring (bicyclic) bond motifs is 1. The van der Waals surface area contributed by atoms with Crippen LogP contribution in [-0.2, 0) is 0 Å². The Labute approximate surface area is 216 Å². The first kappa shape index (κ1) is 22.5. The van der Waals surface area contributed by atoms with Crippen LogP contribution in [0.25, 0.3) is 22.7 Å². The van der Waals surface area contributed by atoms with Crippen molar-refractivity contribution in [2.75, 3.05) is 16.4 Å². The Morgan fingerprint density at radius 3 is 2.73 bits per heavy atom. The number of nitrogen functional groups attached to an aromatic ring is 1. The first-order valence-electron chi connectivity index (χ1n) is 11.5. The maximum Gasteiger partial charge on any atom is 0.256 e. The molecule has 0 saturated carbocycles. The van der Waals surface area contributed by atoms with Gasteiger partial charge in [0.1, 0.15) is 11.3 Å². The van der Waals surface area contributed by atoms with Gasteiger partial charge >= 0.3 is 0 Å². The number of carbonyl (C=O) groups excluding carboxylic acids is 1. The van der Waals surface area contributed by atoms with E-state index in [1.807, 2.05) is 84.4 Å². The second-order valence-electron chi connectivity index (χ2n) is 8.37. The lowest BCUT2D eigenvalue weighted by atomic mass is 10.2. The third-order valence-electron chi connectivity index (χ3n) is 5.83. The number of aryl methyl sites for hydroxylation is 1. The van der Waals surface area contributed by atoms with Crippen LogP contribution in [0.3, 0.4) is 0 Å². The van der Waals surface area contributed by atoms with Gasteiger partial charge in [-0.25, -0.2) is 14.6 Å². The van der Waals surface area contributed by atoms with E-state index < -0.39 is 0 Å². The van der Waals surface area contributed by atoms with Crippen molar-refractivity contribution in [2.24, 2.45) is 0 Å². The summed E-state index contributed by atoms with van der Waals surface area (Å²) in [6.45, 7) is 2.03. The molecule has 6 aromatic rings. The lowest BCUT2D eigenvalue weighted by Gasteiger charge is -2.07. The lowest BCUT2D eigenvalue weighted by molar-refractivity contribution is 0.102. The number of aromatic nitrogens is 5. The molecule has 0 bridgehead atoms. The van der Waals surface area contributed by atoms with Crippen molar-refractivity contribution >= 4 is 45.2 Å². The standard InChI is InChI=1S/C27H22N8OS/c1-17-24(22-15-29-23-12-5-6-13-34(22)23)31-27(37-17)30-19-9-7-8-18(14-19)26(36)32-25-21(28)16-35(33-25)20-10-3-2-4-11-20/h2-16H,28H2,1H3,(H,30,31)(H,32,33,36). The molecule has 37 heavy (non-hydrogen) atoms. The lowest BCUT2D eigenvalue weighted by Crippen LogP contribution is -2.13. The smallest absolute Gasteiger partial charge is 0.256 e. The van der Waals surface area contributed by atoms with Crippen LogP contribution in [0, 0.1) is 6.92 Å². The van der Waals surface area contributed by atoms with E-state index in [9.17, 15) is 4.79 Å². The maximum absolute atomic E-state index is 13.0. The van der Waals surface area contributed by atoms with E-state index in [-0.39, 0.29) is 5.91 Å². The number of thiazole rings is 1. The van der Waals surface area contributed by atoms with Gasteiger partial charge in [0.05, 0.1) is 29.5 Å². The molecule has 6 rings (SSSR count). The van der Waals surface area contributed by atoms with E-state index in [0.29, 0.717) is 17.1 Å². The number of hydrogen-bond acceptors (Lipinski definition) is 7. The Morgan fingerprint density at radius 1 is 1.03 bits per heavy atom. The number of imidazole rings is 1. The first-order chi connectivity index (χ1) is 18.0. The fourth-order valence-corrected chi connectivity index (χ4v) is 4.88. The molecule has 0 saturated heterocycles. The summed E-state index contributed by atoms with van der Waals surface area (Å²) in [5.74, 6) is -0.00385. The molecule has 0 aliphatic heterocycles. The third kappa shape index (κ3) is 4.41. The Balaban J connectivity index is 1.20. The van der Waals surface area contributed by atoms with Gasteiger partial charge in [-0.2, -0.15) is 0 Å². The molecule has 4 aromatic heterocycles. The molecule has 1 amide bonds.